The number of hydrogen-bond donors (Lipinski definition) is 1. The average molecular weight is 430 g/mol. The molecule has 1 saturated heterocycles. The van der Waals surface area contributed by atoms with Crippen molar-refractivity contribution in [2.45, 2.75) is 24.2 Å². The van der Waals surface area contributed by atoms with E-state index in [0.717, 1.165) is 30.5 Å². The fourth-order valence-electron chi connectivity index (χ4n) is 3.86. The van der Waals surface area contributed by atoms with E-state index in [1.165, 1.54) is 27.4 Å². The first-order valence-electron chi connectivity index (χ1n) is 10.0. The number of hydrogen-bond acceptors (Lipinski definition) is 3. The molecule has 4 rings (SSSR count). The van der Waals surface area contributed by atoms with Gasteiger partial charge in [0.15, 0.2) is 0 Å². The molecule has 3 aromatic rings. The van der Waals surface area contributed by atoms with Gasteiger partial charge in [-0.15, -0.1) is 0 Å². The van der Waals surface area contributed by atoms with Gasteiger partial charge < -0.3 is 9.88 Å². The van der Waals surface area contributed by atoms with E-state index in [1.54, 1.807) is 4.90 Å². The summed E-state index contributed by atoms with van der Waals surface area (Å²) in [6, 6.07) is 12.9. The molecule has 1 aliphatic rings. The van der Waals surface area contributed by atoms with Gasteiger partial charge in [0.25, 0.3) is 0 Å². The van der Waals surface area contributed by atoms with E-state index >= 15 is 0 Å². The number of nitrogens with one attached hydrogen (secondary N) is 1. The summed E-state index contributed by atoms with van der Waals surface area (Å²) < 4.78 is 39.8. The second-order valence-corrected chi connectivity index (χ2v) is 9.39. The summed E-state index contributed by atoms with van der Waals surface area (Å²) >= 11 is 0. The van der Waals surface area contributed by atoms with Gasteiger partial charge in [0.05, 0.1) is 4.90 Å². The molecular weight excluding hydrogens is 405 g/mol. The number of sulfonamides is 1. The van der Waals surface area contributed by atoms with Gasteiger partial charge in [-0.05, 0) is 48.7 Å². The summed E-state index contributed by atoms with van der Waals surface area (Å²) in [5.74, 6) is -0.425. The molecule has 1 aromatic heterocycles. The molecule has 0 aliphatic carbocycles. The number of carbonyl (C=O) groups excluding carboxylic acids is 1. The third kappa shape index (κ3) is 4.24. The van der Waals surface area contributed by atoms with Crippen molar-refractivity contribution in [1.82, 2.24) is 14.2 Å². The monoisotopic (exact) mass is 429 g/mol. The van der Waals surface area contributed by atoms with Crippen LogP contribution in [0.5, 0.6) is 0 Å². The Morgan fingerprint density at radius 3 is 2.43 bits per heavy atom. The summed E-state index contributed by atoms with van der Waals surface area (Å²) in [6.45, 7) is 1.22. The topological polar surface area (TPSA) is 73.5 Å². The highest BCUT2D eigenvalue weighted by molar-refractivity contribution is 7.89. The van der Waals surface area contributed by atoms with Gasteiger partial charge >= 0.3 is 0 Å². The molecule has 0 radical (unpaired) electrons. The molecule has 30 heavy (non-hydrogen) atoms. The lowest BCUT2D eigenvalue weighted by molar-refractivity contribution is -0.132. The lowest BCUT2D eigenvalue weighted by Crippen LogP contribution is -2.50. The maximum Gasteiger partial charge on any atom is 0.243 e. The largest absolute Gasteiger partial charge is 0.361 e. The smallest absolute Gasteiger partial charge is 0.243 e. The second kappa shape index (κ2) is 8.57. The summed E-state index contributed by atoms with van der Waals surface area (Å²) in [5.41, 5.74) is 2.30. The van der Waals surface area contributed by atoms with Crippen LogP contribution >= 0.6 is 0 Å². The Bertz CT molecular complexity index is 1130. The van der Waals surface area contributed by atoms with E-state index < -0.39 is 15.8 Å². The number of benzene rings is 2. The minimum Gasteiger partial charge on any atom is -0.361 e. The van der Waals surface area contributed by atoms with Crippen molar-refractivity contribution in [3.05, 3.63) is 66.1 Å². The Morgan fingerprint density at radius 1 is 1.00 bits per heavy atom. The van der Waals surface area contributed by atoms with Crippen LogP contribution in [-0.4, -0.2) is 54.7 Å². The zero-order valence-corrected chi connectivity index (χ0v) is 17.4. The first-order valence-corrected chi connectivity index (χ1v) is 11.5. The van der Waals surface area contributed by atoms with Crippen LogP contribution in [0.1, 0.15) is 18.4 Å². The summed E-state index contributed by atoms with van der Waals surface area (Å²) in [4.78, 5) is 17.6. The van der Waals surface area contributed by atoms with Crippen molar-refractivity contribution >= 4 is 26.8 Å². The van der Waals surface area contributed by atoms with Crippen molar-refractivity contribution in [3.63, 3.8) is 0 Å². The molecule has 2 heterocycles. The van der Waals surface area contributed by atoms with Crippen LogP contribution in [0.4, 0.5) is 4.39 Å². The number of fused-ring (bicyclic) bond motifs is 1. The van der Waals surface area contributed by atoms with Crippen LogP contribution in [0.25, 0.3) is 10.9 Å². The lowest BCUT2D eigenvalue weighted by atomic mass is 10.1. The third-order valence-electron chi connectivity index (χ3n) is 5.55. The summed E-state index contributed by atoms with van der Waals surface area (Å²) in [5, 5.41) is 1.18. The van der Waals surface area contributed by atoms with E-state index in [1.807, 2.05) is 24.4 Å². The molecule has 1 N–H and O–H groups in total. The predicted octanol–water partition coefficient (Wildman–Crippen LogP) is 3.16. The van der Waals surface area contributed by atoms with Crippen LogP contribution < -0.4 is 0 Å². The van der Waals surface area contributed by atoms with Gasteiger partial charge in [-0.3, -0.25) is 4.79 Å². The summed E-state index contributed by atoms with van der Waals surface area (Å²) in [7, 11) is -3.67. The van der Waals surface area contributed by atoms with Crippen LogP contribution in [-0.2, 0) is 21.2 Å². The number of nitrogens with zero attached hydrogens (tertiary/aromatic N) is 2. The van der Waals surface area contributed by atoms with Crippen LogP contribution in [0.2, 0.25) is 0 Å². The third-order valence-corrected chi connectivity index (χ3v) is 7.47. The van der Waals surface area contributed by atoms with Crippen molar-refractivity contribution in [1.29, 1.82) is 0 Å². The minimum atomic E-state index is -3.67. The number of aromatic amines is 1. The number of aryl methyl sites for hydroxylation is 1. The molecule has 1 aliphatic heterocycles. The molecule has 0 spiro atoms. The van der Waals surface area contributed by atoms with E-state index in [2.05, 4.69) is 11.1 Å². The fraction of sp³-hybridized carbons (Fsp3) is 0.318. The second-order valence-electron chi connectivity index (χ2n) is 7.45. The van der Waals surface area contributed by atoms with Gasteiger partial charge in [0, 0.05) is 49.7 Å². The number of aromatic nitrogens is 1. The maximum absolute atomic E-state index is 13.1. The van der Waals surface area contributed by atoms with Gasteiger partial charge in [0.1, 0.15) is 5.82 Å². The zero-order chi connectivity index (χ0) is 21.1. The van der Waals surface area contributed by atoms with Crippen molar-refractivity contribution in [2.24, 2.45) is 0 Å². The highest BCUT2D eigenvalue weighted by Gasteiger charge is 2.29. The quantitative estimate of drug-likeness (QED) is 0.654. The zero-order valence-electron chi connectivity index (χ0n) is 16.6. The first-order chi connectivity index (χ1) is 14.4. The first kappa shape index (κ1) is 20.6. The Balaban J connectivity index is 1.28. The normalized spacial score (nSPS) is 15.6. The van der Waals surface area contributed by atoms with Gasteiger partial charge in [-0.1, -0.05) is 18.2 Å². The van der Waals surface area contributed by atoms with Crippen LogP contribution in [0.15, 0.2) is 59.6 Å². The molecule has 8 heteroatoms. The predicted molar refractivity (Wildman–Crippen MR) is 113 cm³/mol. The van der Waals surface area contributed by atoms with E-state index in [0.29, 0.717) is 19.5 Å². The Morgan fingerprint density at radius 2 is 1.70 bits per heavy atom. The highest BCUT2D eigenvalue weighted by Crippen LogP contribution is 2.21. The fourth-order valence-corrected chi connectivity index (χ4v) is 5.28. The SMILES string of the molecule is O=C(CCCc1c[nH]c2ccccc12)N1CCN(S(=O)(=O)c2ccc(F)cc2)CC1. The number of halogens is 1. The number of carbonyl (C=O) groups is 1. The Labute approximate surface area is 175 Å². The van der Waals surface area contributed by atoms with E-state index in [-0.39, 0.29) is 23.9 Å². The molecule has 2 aromatic carbocycles. The molecule has 6 nitrogen and oxygen atoms in total. The molecular formula is C22H24FN3O3S. The molecule has 0 saturated carbocycles. The number of rotatable bonds is 6. The number of H-pyrrole nitrogens is 1. The molecule has 0 atom stereocenters. The molecule has 1 fully saturated rings. The number of amides is 1. The van der Waals surface area contributed by atoms with Crippen LogP contribution in [0, 0.1) is 5.82 Å². The highest BCUT2D eigenvalue weighted by atomic mass is 32.2. The Kier molecular flexibility index (Phi) is 5.87. The van der Waals surface area contributed by atoms with Crippen molar-refractivity contribution in [3.8, 4) is 0 Å². The molecule has 0 unspecified atom stereocenters. The summed E-state index contributed by atoms with van der Waals surface area (Å²) in [6.07, 6.45) is 3.99. The van der Waals surface area contributed by atoms with Gasteiger partial charge in [0.2, 0.25) is 15.9 Å². The standard InChI is InChI=1S/C22H24FN3O3S/c23-18-8-10-19(11-9-18)30(28,29)26-14-12-25(13-15-26)22(27)7-3-4-17-16-24-21-6-2-1-5-20(17)21/h1-2,5-6,8-11,16,24H,3-4,7,12-15H2. The molecule has 0 bridgehead atoms. The Hall–Kier alpha value is -2.71. The van der Waals surface area contributed by atoms with Gasteiger partial charge in [-0.25, -0.2) is 12.8 Å². The van der Waals surface area contributed by atoms with Gasteiger partial charge in [-0.2, -0.15) is 4.31 Å². The number of piperazine rings is 1. The minimum absolute atomic E-state index is 0.0497. The number of para-hydroxylation sites is 1. The maximum atomic E-state index is 13.1. The molecule has 158 valence electrons. The van der Waals surface area contributed by atoms with Crippen molar-refractivity contribution < 1.29 is 17.6 Å². The van der Waals surface area contributed by atoms with E-state index in [9.17, 15) is 17.6 Å². The van der Waals surface area contributed by atoms with Crippen LogP contribution in [0.3, 0.4) is 0 Å². The van der Waals surface area contributed by atoms with Crippen molar-refractivity contribution in [2.75, 3.05) is 26.2 Å². The average Bonchev–Trinajstić information content (AvgIpc) is 3.17. The van der Waals surface area contributed by atoms with E-state index in [4.69, 9.17) is 0 Å². The molecule has 1 amide bonds. The lowest BCUT2D eigenvalue weighted by Gasteiger charge is -2.34.